The van der Waals surface area contributed by atoms with Crippen LogP contribution in [0.15, 0.2) is 48.5 Å². The van der Waals surface area contributed by atoms with Crippen molar-refractivity contribution >= 4 is 23.2 Å². The molecule has 0 aromatic heterocycles. The molecule has 1 N–H and O–H groups in total. The number of nitrogens with zero attached hydrogens (tertiary/aromatic N) is 1. The molecule has 2 aromatic rings. The average molecular weight is 336 g/mol. The van der Waals surface area contributed by atoms with Crippen LogP contribution >= 0.6 is 0 Å². The molecule has 1 aliphatic heterocycles. The molecule has 0 fully saturated rings. The summed E-state index contributed by atoms with van der Waals surface area (Å²) in [7, 11) is 0. The minimum atomic E-state index is 0.0508. The fourth-order valence-corrected chi connectivity index (χ4v) is 3.14. The van der Waals surface area contributed by atoms with Crippen molar-refractivity contribution in [1.29, 1.82) is 0 Å². The van der Waals surface area contributed by atoms with Gasteiger partial charge in [-0.1, -0.05) is 43.7 Å². The summed E-state index contributed by atoms with van der Waals surface area (Å²) in [4.78, 5) is 26.2. The van der Waals surface area contributed by atoms with E-state index in [1.807, 2.05) is 53.4 Å². The van der Waals surface area contributed by atoms with Gasteiger partial charge in [0.2, 0.25) is 11.8 Å². The maximum Gasteiger partial charge on any atom is 0.227 e. The predicted molar refractivity (Wildman–Crippen MR) is 101 cm³/mol. The van der Waals surface area contributed by atoms with E-state index >= 15 is 0 Å². The molecule has 2 aromatic carbocycles. The third-order valence-electron chi connectivity index (χ3n) is 4.50. The van der Waals surface area contributed by atoms with Crippen molar-refractivity contribution in [3.63, 3.8) is 0 Å². The van der Waals surface area contributed by atoms with Crippen LogP contribution in [0.2, 0.25) is 0 Å². The molecule has 0 unspecified atom stereocenters. The fourth-order valence-electron chi connectivity index (χ4n) is 3.14. The van der Waals surface area contributed by atoms with Crippen LogP contribution in [0.3, 0.4) is 0 Å². The summed E-state index contributed by atoms with van der Waals surface area (Å²) >= 11 is 0. The first-order valence-electron chi connectivity index (χ1n) is 8.94. The summed E-state index contributed by atoms with van der Waals surface area (Å²) in [6.07, 6.45) is 3.68. The summed E-state index contributed by atoms with van der Waals surface area (Å²) < 4.78 is 0. The van der Waals surface area contributed by atoms with Gasteiger partial charge in [0.1, 0.15) is 0 Å². The summed E-state index contributed by atoms with van der Waals surface area (Å²) in [6, 6.07) is 15.9. The molecule has 130 valence electrons. The molecule has 1 heterocycles. The highest BCUT2D eigenvalue weighted by atomic mass is 16.2. The first-order valence-corrected chi connectivity index (χ1v) is 8.94. The topological polar surface area (TPSA) is 49.4 Å². The zero-order chi connectivity index (χ0) is 17.6. The third kappa shape index (κ3) is 4.27. The van der Waals surface area contributed by atoms with Crippen LogP contribution in [0.4, 0.5) is 11.4 Å². The monoisotopic (exact) mass is 336 g/mol. The second-order valence-corrected chi connectivity index (χ2v) is 6.46. The lowest BCUT2D eigenvalue weighted by molar-refractivity contribution is -0.119. The lowest BCUT2D eigenvalue weighted by atomic mass is 9.99. The van der Waals surface area contributed by atoms with Crippen molar-refractivity contribution in [3.05, 3.63) is 59.7 Å². The van der Waals surface area contributed by atoms with Crippen LogP contribution < -0.4 is 10.2 Å². The van der Waals surface area contributed by atoms with E-state index < -0.39 is 0 Å². The van der Waals surface area contributed by atoms with E-state index in [-0.39, 0.29) is 11.8 Å². The molecule has 25 heavy (non-hydrogen) atoms. The molecule has 0 bridgehead atoms. The standard InChI is InChI=1S/C21H24N2O2/c1-2-3-9-20(24)22-18-11-12-19-17(14-18)10-13-21(25)23(19)15-16-7-5-4-6-8-16/h4-8,11-12,14H,2-3,9-10,13,15H2,1H3,(H,22,24). The number of rotatable bonds is 6. The Morgan fingerprint density at radius 1 is 1.12 bits per heavy atom. The van der Waals surface area contributed by atoms with Gasteiger partial charge in [-0.3, -0.25) is 9.59 Å². The Hall–Kier alpha value is -2.62. The third-order valence-corrected chi connectivity index (χ3v) is 4.50. The SMILES string of the molecule is CCCCC(=O)Nc1ccc2c(c1)CCC(=O)N2Cc1ccccc1. The summed E-state index contributed by atoms with van der Waals surface area (Å²) in [6.45, 7) is 2.65. The lowest BCUT2D eigenvalue weighted by Gasteiger charge is -2.30. The van der Waals surface area contributed by atoms with Gasteiger partial charge in [0, 0.05) is 24.2 Å². The van der Waals surface area contributed by atoms with Crippen LogP contribution in [0.1, 0.15) is 43.7 Å². The maximum absolute atomic E-state index is 12.4. The molecule has 4 heteroatoms. The molecule has 1 aliphatic rings. The van der Waals surface area contributed by atoms with Crippen LogP contribution in [0.5, 0.6) is 0 Å². The Balaban J connectivity index is 1.77. The van der Waals surface area contributed by atoms with Gasteiger partial charge in [-0.15, -0.1) is 0 Å². The van der Waals surface area contributed by atoms with E-state index in [4.69, 9.17) is 0 Å². The van der Waals surface area contributed by atoms with Crippen LogP contribution in [-0.4, -0.2) is 11.8 Å². The highest BCUT2D eigenvalue weighted by molar-refractivity contribution is 5.97. The number of hydrogen-bond donors (Lipinski definition) is 1. The predicted octanol–water partition coefficient (Wildman–Crippen LogP) is 4.29. The number of aryl methyl sites for hydroxylation is 1. The Morgan fingerprint density at radius 3 is 2.68 bits per heavy atom. The van der Waals surface area contributed by atoms with Crippen molar-refractivity contribution in [2.24, 2.45) is 0 Å². The van der Waals surface area contributed by atoms with E-state index in [1.165, 1.54) is 0 Å². The van der Waals surface area contributed by atoms with Crippen LogP contribution in [-0.2, 0) is 22.6 Å². The highest BCUT2D eigenvalue weighted by Gasteiger charge is 2.24. The van der Waals surface area contributed by atoms with E-state index in [2.05, 4.69) is 12.2 Å². The van der Waals surface area contributed by atoms with Gasteiger partial charge in [-0.05, 0) is 42.2 Å². The van der Waals surface area contributed by atoms with Gasteiger partial charge in [-0.25, -0.2) is 0 Å². The van der Waals surface area contributed by atoms with E-state index in [0.717, 1.165) is 41.8 Å². The number of anilines is 2. The Morgan fingerprint density at radius 2 is 1.92 bits per heavy atom. The molecule has 0 aliphatic carbocycles. The van der Waals surface area contributed by atoms with Crippen molar-refractivity contribution < 1.29 is 9.59 Å². The van der Waals surface area contributed by atoms with Crippen molar-refractivity contribution in [2.45, 2.75) is 45.6 Å². The Bertz CT molecular complexity index is 756. The van der Waals surface area contributed by atoms with Crippen molar-refractivity contribution in [2.75, 3.05) is 10.2 Å². The van der Waals surface area contributed by atoms with Gasteiger partial charge >= 0.3 is 0 Å². The summed E-state index contributed by atoms with van der Waals surface area (Å²) in [5.41, 5.74) is 3.99. The number of amides is 2. The molecule has 4 nitrogen and oxygen atoms in total. The minimum absolute atomic E-state index is 0.0508. The minimum Gasteiger partial charge on any atom is -0.326 e. The van der Waals surface area contributed by atoms with Gasteiger partial charge < -0.3 is 10.2 Å². The first-order chi connectivity index (χ1) is 12.2. The molecule has 0 radical (unpaired) electrons. The Labute approximate surface area is 148 Å². The van der Waals surface area contributed by atoms with Crippen molar-refractivity contribution in [1.82, 2.24) is 0 Å². The zero-order valence-electron chi connectivity index (χ0n) is 14.6. The number of carbonyl (C=O) groups excluding carboxylic acids is 2. The number of benzene rings is 2. The number of fused-ring (bicyclic) bond motifs is 1. The Kier molecular flexibility index (Phi) is 5.49. The molecule has 0 atom stereocenters. The van der Waals surface area contributed by atoms with E-state index in [1.54, 1.807) is 0 Å². The van der Waals surface area contributed by atoms with Crippen molar-refractivity contribution in [3.8, 4) is 0 Å². The molecule has 0 saturated heterocycles. The average Bonchev–Trinajstić information content (AvgIpc) is 2.63. The molecular weight excluding hydrogens is 312 g/mol. The summed E-state index contributed by atoms with van der Waals surface area (Å²) in [5.74, 6) is 0.200. The second-order valence-electron chi connectivity index (χ2n) is 6.46. The molecule has 2 amide bonds. The van der Waals surface area contributed by atoms with Gasteiger partial charge in [0.15, 0.2) is 0 Å². The number of unbranched alkanes of at least 4 members (excludes halogenated alkanes) is 1. The van der Waals surface area contributed by atoms with Gasteiger partial charge in [-0.2, -0.15) is 0 Å². The fraction of sp³-hybridized carbons (Fsp3) is 0.333. The van der Waals surface area contributed by atoms with Crippen LogP contribution in [0.25, 0.3) is 0 Å². The van der Waals surface area contributed by atoms with Gasteiger partial charge in [0.05, 0.1) is 6.54 Å². The number of hydrogen-bond acceptors (Lipinski definition) is 2. The van der Waals surface area contributed by atoms with E-state index in [9.17, 15) is 9.59 Å². The quantitative estimate of drug-likeness (QED) is 0.855. The van der Waals surface area contributed by atoms with Crippen LogP contribution in [0, 0.1) is 0 Å². The van der Waals surface area contributed by atoms with E-state index in [0.29, 0.717) is 19.4 Å². The first kappa shape index (κ1) is 17.2. The molecule has 0 saturated carbocycles. The number of nitrogens with one attached hydrogen (secondary N) is 1. The number of carbonyl (C=O) groups is 2. The summed E-state index contributed by atoms with van der Waals surface area (Å²) in [5, 5.41) is 2.96. The molecule has 0 spiro atoms. The lowest BCUT2D eigenvalue weighted by Crippen LogP contribution is -2.34. The largest absolute Gasteiger partial charge is 0.326 e. The molecular formula is C21H24N2O2. The van der Waals surface area contributed by atoms with Gasteiger partial charge in [0.25, 0.3) is 0 Å². The smallest absolute Gasteiger partial charge is 0.227 e. The normalized spacial score (nSPS) is 13.5. The maximum atomic E-state index is 12.4. The second kappa shape index (κ2) is 7.97. The zero-order valence-corrected chi connectivity index (χ0v) is 14.6. The molecule has 3 rings (SSSR count). The highest BCUT2D eigenvalue weighted by Crippen LogP contribution is 2.31.